The van der Waals surface area contributed by atoms with Gasteiger partial charge >= 0.3 is 0 Å². The Hall–Kier alpha value is -2.57. The fourth-order valence-corrected chi connectivity index (χ4v) is 5.49. The van der Waals surface area contributed by atoms with E-state index in [0.717, 1.165) is 62.5 Å². The number of carbonyl (C=O) groups excluding carboxylic acids is 1. The number of fused-ring (bicyclic) bond motifs is 3. The minimum absolute atomic E-state index is 0.213. The summed E-state index contributed by atoms with van der Waals surface area (Å²) in [6.07, 6.45) is 3.38. The topological polar surface area (TPSA) is 42.0 Å². The lowest BCUT2D eigenvalue weighted by molar-refractivity contribution is -0.130. The van der Waals surface area contributed by atoms with Gasteiger partial charge in [0.1, 0.15) is 0 Å². The maximum atomic E-state index is 12.8. The van der Waals surface area contributed by atoms with Crippen molar-refractivity contribution >= 4 is 27.3 Å². The van der Waals surface area contributed by atoms with E-state index in [1.54, 1.807) is 0 Å². The molecule has 5 nitrogen and oxygen atoms in total. The molecule has 2 aromatic carbocycles. The Labute approximate surface area is 187 Å². The number of amides is 1. The Morgan fingerprint density at radius 2 is 1.90 bits per heavy atom. The molecule has 0 radical (unpaired) electrons. The Morgan fingerprint density at radius 3 is 2.77 bits per heavy atom. The molecular weight excluding hydrogens is 408 g/mol. The minimum Gasteiger partial charge on any atom is -0.454 e. The molecule has 2 aliphatic heterocycles. The molecule has 5 rings (SSSR count). The lowest BCUT2D eigenvalue weighted by atomic mass is 10.0. The molecule has 0 N–H and O–H groups in total. The van der Waals surface area contributed by atoms with Crippen LogP contribution >= 0.6 is 11.3 Å². The minimum atomic E-state index is 0.213. The van der Waals surface area contributed by atoms with E-state index in [2.05, 4.69) is 47.7 Å². The standard InChI is InChI=1S/C25H28N2O3S/c1-26(11-7-19-16-31-24-6-3-2-5-21(19)24)9-4-10-27-12-8-18-13-22-23(30-17-29-22)14-20(18)15-25(27)28/h2-3,5-6,13-14,16H,4,7-12,15,17H2,1H3. The summed E-state index contributed by atoms with van der Waals surface area (Å²) in [4.78, 5) is 17.2. The highest BCUT2D eigenvalue weighted by Crippen LogP contribution is 2.36. The molecule has 0 bridgehead atoms. The van der Waals surface area contributed by atoms with Crippen molar-refractivity contribution in [3.8, 4) is 11.5 Å². The van der Waals surface area contributed by atoms with E-state index in [1.807, 2.05) is 22.3 Å². The highest BCUT2D eigenvalue weighted by atomic mass is 32.1. The number of benzene rings is 2. The summed E-state index contributed by atoms with van der Waals surface area (Å²) in [5, 5.41) is 3.68. The third kappa shape index (κ3) is 4.41. The predicted octanol–water partition coefficient (Wildman–Crippen LogP) is 4.12. The monoisotopic (exact) mass is 436 g/mol. The van der Waals surface area contributed by atoms with Crippen LogP contribution in [0.4, 0.5) is 0 Å². The highest BCUT2D eigenvalue weighted by Gasteiger charge is 2.24. The number of likely N-dealkylation sites (N-methyl/N-ethyl adjacent to an activating group) is 1. The number of rotatable bonds is 7. The van der Waals surface area contributed by atoms with Crippen LogP contribution in [-0.4, -0.2) is 55.7 Å². The van der Waals surface area contributed by atoms with Crippen LogP contribution in [0, 0.1) is 0 Å². The van der Waals surface area contributed by atoms with Gasteiger partial charge in [0.2, 0.25) is 12.7 Å². The van der Waals surface area contributed by atoms with E-state index in [1.165, 1.54) is 21.2 Å². The molecule has 0 aliphatic carbocycles. The van der Waals surface area contributed by atoms with Crippen molar-refractivity contribution < 1.29 is 14.3 Å². The van der Waals surface area contributed by atoms with E-state index in [9.17, 15) is 4.79 Å². The first-order valence-electron chi connectivity index (χ1n) is 11.0. The molecule has 3 heterocycles. The van der Waals surface area contributed by atoms with Crippen LogP contribution in [0.2, 0.25) is 0 Å². The van der Waals surface area contributed by atoms with E-state index in [4.69, 9.17) is 9.47 Å². The summed E-state index contributed by atoms with van der Waals surface area (Å²) in [6, 6.07) is 12.7. The quantitative estimate of drug-likeness (QED) is 0.559. The number of thiophene rings is 1. The molecule has 6 heteroatoms. The second-order valence-corrected chi connectivity index (χ2v) is 9.36. The molecule has 31 heavy (non-hydrogen) atoms. The maximum absolute atomic E-state index is 12.8. The zero-order valence-corrected chi connectivity index (χ0v) is 18.7. The molecule has 3 aromatic rings. The second kappa shape index (κ2) is 8.89. The number of ether oxygens (including phenoxy) is 2. The molecular formula is C25H28N2O3S. The van der Waals surface area contributed by atoms with Crippen molar-refractivity contribution in [3.05, 3.63) is 58.5 Å². The van der Waals surface area contributed by atoms with Gasteiger partial charge in [-0.3, -0.25) is 4.79 Å². The summed E-state index contributed by atoms with van der Waals surface area (Å²) in [7, 11) is 2.18. The fraction of sp³-hybridized carbons (Fsp3) is 0.400. The molecule has 1 aromatic heterocycles. The normalized spacial score (nSPS) is 15.5. The molecule has 0 unspecified atom stereocenters. The molecule has 2 aliphatic rings. The Kier molecular flexibility index (Phi) is 5.83. The number of carbonyl (C=O) groups is 1. The largest absolute Gasteiger partial charge is 0.454 e. The lowest BCUT2D eigenvalue weighted by Gasteiger charge is -2.22. The first-order chi connectivity index (χ1) is 15.2. The lowest BCUT2D eigenvalue weighted by Crippen LogP contribution is -2.35. The molecule has 0 saturated heterocycles. The van der Waals surface area contributed by atoms with Crippen molar-refractivity contribution in [2.24, 2.45) is 0 Å². The average Bonchev–Trinajstić information content (AvgIpc) is 3.37. The van der Waals surface area contributed by atoms with Crippen LogP contribution in [0.25, 0.3) is 10.1 Å². The van der Waals surface area contributed by atoms with Gasteiger partial charge in [0.15, 0.2) is 11.5 Å². The van der Waals surface area contributed by atoms with Crippen LogP contribution in [0.15, 0.2) is 41.8 Å². The second-order valence-electron chi connectivity index (χ2n) is 8.45. The molecule has 0 spiro atoms. The zero-order valence-electron chi connectivity index (χ0n) is 17.9. The van der Waals surface area contributed by atoms with Gasteiger partial charge in [-0.15, -0.1) is 11.3 Å². The highest BCUT2D eigenvalue weighted by molar-refractivity contribution is 7.17. The SMILES string of the molecule is CN(CCCN1CCc2cc3c(cc2CC1=O)OCO3)CCc1csc2ccccc12. The van der Waals surface area contributed by atoms with Gasteiger partial charge in [0.05, 0.1) is 6.42 Å². The third-order valence-electron chi connectivity index (χ3n) is 6.33. The summed E-state index contributed by atoms with van der Waals surface area (Å²) in [6.45, 7) is 3.89. The van der Waals surface area contributed by atoms with Gasteiger partial charge in [-0.25, -0.2) is 0 Å². The van der Waals surface area contributed by atoms with E-state index >= 15 is 0 Å². The molecule has 1 amide bonds. The van der Waals surface area contributed by atoms with Gasteiger partial charge in [0, 0.05) is 24.3 Å². The van der Waals surface area contributed by atoms with Crippen molar-refractivity contribution in [3.63, 3.8) is 0 Å². The summed E-state index contributed by atoms with van der Waals surface area (Å²) < 4.78 is 12.3. The third-order valence-corrected chi connectivity index (χ3v) is 7.34. The summed E-state index contributed by atoms with van der Waals surface area (Å²) in [5.41, 5.74) is 3.73. The Balaban J connectivity index is 1.10. The fourth-order valence-electron chi connectivity index (χ4n) is 4.50. The smallest absolute Gasteiger partial charge is 0.231 e. The number of hydrogen-bond donors (Lipinski definition) is 0. The van der Waals surface area contributed by atoms with Gasteiger partial charge in [-0.1, -0.05) is 18.2 Å². The van der Waals surface area contributed by atoms with Gasteiger partial charge < -0.3 is 19.3 Å². The van der Waals surface area contributed by atoms with Crippen molar-refractivity contribution in [2.75, 3.05) is 40.0 Å². The van der Waals surface area contributed by atoms with Crippen LogP contribution in [0.5, 0.6) is 11.5 Å². The van der Waals surface area contributed by atoms with Crippen molar-refractivity contribution in [2.45, 2.75) is 25.7 Å². The first-order valence-corrected chi connectivity index (χ1v) is 11.9. The van der Waals surface area contributed by atoms with Crippen molar-refractivity contribution in [1.82, 2.24) is 9.80 Å². The Morgan fingerprint density at radius 1 is 1.10 bits per heavy atom. The van der Waals surface area contributed by atoms with Crippen LogP contribution < -0.4 is 9.47 Å². The summed E-state index contributed by atoms with van der Waals surface area (Å²) >= 11 is 1.83. The number of nitrogens with zero attached hydrogens (tertiary/aromatic N) is 2. The zero-order chi connectivity index (χ0) is 21.2. The Bertz CT molecular complexity index is 1090. The van der Waals surface area contributed by atoms with Crippen molar-refractivity contribution in [1.29, 1.82) is 0 Å². The predicted molar refractivity (Wildman–Crippen MR) is 124 cm³/mol. The maximum Gasteiger partial charge on any atom is 0.231 e. The molecule has 0 fully saturated rings. The molecule has 162 valence electrons. The van der Waals surface area contributed by atoms with E-state index in [0.29, 0.717) is 6.42 Å². The van der Waals surface area contributed by atoms with E-state index in [-0.39, 0.29) is 12.7 Å². The van der Waals surface area contributed by atoms with Crippen LogP contribution in [0.1, 0.15) is 23.1 Å². The van der Waals surface area contributed by atoms with Crippen LogP contribution in [-0.2, 0) is 24.1 Å². The average molecular weight is 437 g/mol. The first kappa shape index (κ1) is 20.3. The van der Waals surface area contributed by atoms with Gasteiger partial charge in [0.25, 0.3) is 0 Å². The number of hydrogen-bond acceptors (Lipinski definition) is 5. The van der Waals surface area contributed by atoms with Gasteiger partial charge in [-0.05, 0) is 78.5 Å². The summed E-state index contributed by atoms with van der Waals surface area (Å²) in [5.74, 6) is 1.78. The molecule has 0 saturated carbocycles. The van der Waals surface area contributed by atoms with E-state index < -0.39 is 0 Å². The van der Waals surface area contributed by atoms with Crippen LogP contribution in [0.3, 0.4) is 0 Å². The molecule has 0 atom stereocenters. The van der Waals surface area contributed by atoms with Gasteiger partial charge in [-0.2, -0.15) is 0 Å².